The van der Waals surface area contributed by atoms with Crippen molar-refractivity contribution in [2.24, 2.45) is 0 Å². The Balaban J connectivity index is 1.79. The van der Waals surface area contributed by atoms with E-state index in [0.29, 0.717) is 18.7 Å². The van der Waals surface area contributed by atoms with Crippen LogP contribution in [0.3, 0.4) is 0 Å². The molecule has 0 saturated carbocycles. The highest BCUT2D eigenvalue weighted by atomic mass is 16.1. The van der Waals surface area contributed by atoms with Crippen LogP contribution in [0.4, 0.5) is 5.82 Å². The predicted octanol–water partition coefficient (Wildman–Crippen LogP) is 2.24. The molecule has 0 bridgehead atoms. The van der Waals surface area contributed by atoms with Crippen LogP contribution in [0.1, 0.15) is 27.4 Å². The maximum absolute atomic E-state index is 11.9. The van der Waals surface area contributed by atoms with E-state index in [1.54, 1.807) is 0 Å². The summed E-state index contributed by atoms with van der Waals surface area (Å²) < 4.78 is 0. The SMILES string of the molecule is Cc1ccc(C(=O)NCCNc2cc(C)nc(C)n2)cc1. The van der Waals surface area contributed by atoms with Crippen molar-refractivity contribution in [2.75, 3.05) is 18.4 Å². The lowest BCUT2D eigenvalue weighted by atomic mass is 10.1. The van der Waals surface area contributed by atoms with Crippen molar-refractivity contribution in [3.63, 3.8) is 0 Å². The third-order valence-corrected chi connectivity index (χ3v) is 3.00. The molecule has 0 aliphatic rings. The molecule has 1 aromatic carbocycles. The molecular formula is C16H20N4O. The average Bonchev–Trinajstić information content (AvgIpc) is 2.43. The van der Waals surface area contributed by atoms with Gasteiger partial charge in [-0.2, -0.15) is 0 Å². The lowest BCUT2D eigenvalue weighted by Crippen LogP contribution is -2.28. The monoisotopic (exact) mass is 284 g/mol. The van der Waals surface area contributed by atoms with E-state index in [1.807, 2.05) is 51.1 Å². The second-order valence-electron chi connectivity index (χ2n) is 4.99. The fraction of sp³-hybridized carbons (Fsp3) is 0.312. The van der Waals surface area contributed by atoms with Crippen molar-refractivity contribution in [2.45, 2.75) is 20.8 Å². The zero-order chi connectivity index (χ0) is 15.2. The molecule has 2 aromatic rings. The normalized spacial score (nSPS) is 10.2. The van der Waals surface area contributed by atoms with E-state index in [2.05, 4.69) is 20.6 Å². The van der Waals surface area contributed by atoms with E-state index >= 15 is 0 Å². The second-order valence-corrected chi connectivity index (χ2v) is 4.99. The quantitative estimate of drug-likeness (QED) is 0.826. The number of nitrogens with zero attached hydrogens (tertiary/aromatic N) is 2. The van der Waals surface area contributed by atoms with Gasteiger partial charge < -0.3 is 10.6 Å². The Labute approximate surface area is 124 Å². The van der Waals surface area contributed by atoms with Gasteiger partial charge in [0, 0.05) is 30.4 Å². The average molecular weight is 284 g/mol. The second kappa shape index (κ2) is 6.83. The lowest BCUT2D eigenvalue weighted by Gasteiger charge is -2.08. The Bertz CT molecular complexity index is 602. The summed E-state index contributed by atoms with van der Waals surface area (Å²) in [6.45, 7) is 6.94. The van der Waals surface area contributed by atoms with Crippen LogP contribution in [0, 0.1) is 20.8 Å². The topological polar surface area (TPSA) is 66.9 Å². The fourth-order valence-corrected chi connectivity index (χ4v) is 1.98. The summed E-state index contributed by atoms with van der Waals surface area (Å²) in [5, 5.41) is 6.05. The predicted molar refractivity (Wildman–Crippen MR) is 83.5 cm³/mol. The highest BCUT2D eigenvalue weighted by Crippen LogP contribution is 2.05. The van der Waals surface area contributed by atoms with Crippen molar-refractivity contribution in [3.05, 3.63) is 53.0 Å². The Morgan fingerprint density at radius 2 is 1.76 bits per heavy atom. The Morgan fingerprint density at radius 1 is 1.05 bits per heavy atom. The van der Waals surface area contributed by atoms with Crippen molar-refractivity contribution in [3.8, 4) is 0 Å². The van der Waals surface area contributed by atoms with E-state index in [-0.39, 0.29) is 5.91 Å². The van der Waals surface area contributed by atoms with E-state index in [1.165, 1.54) is 0 Å². The zero-order valence-electron chi connectivity index (χ0n) is 12.6. The van der Waals surface area contributed by atoms with E-state index < -0.39 is 0 Å². The molecule has 0 atom stereocenters. The highest BCUT2D eigenvalue weighted by Gasteiger charge is 2.04. The number of benzene rings is 1. The van der Waals surface area contributed by atoms with Crippen molar-refractivity contribution < 1.29 is 4.79 Å². The van der Waals surface area contributed by atoms with Gasteiger partial charge in [-0.3, -0.25) is 4.79 Å². The first kappa shape index (κ1) is 15.0. The molecule has 0 unspecified atom stereocenters. The van der Waals surface area contributed by atoms with Gasteiger partial charge in [0.25, 0.3) is 5.91 Å². The van der Waals surface area contributed by atoms with Crippen LogP contribution in [-0.4, -0.2) is 29.0 Å². The van der Waals surface area contributed by atoms with Crippen LogP contribution in [0.5, 0.6) is 0 Å². The first-order valence-corrected chi connectivity index (χ1v) is 6.95. The van der Waals surface area contributed by atoms with Crippen LogP contribution >= 0.6 is 0 Å². The number of hydrogen-bond acceptors (Lipinski definition) is 4. The molecule has 1 heterocycles. The zero-order valence-corrected chi connectivity index (χ0v) is 12.6. The summed E-state index contributed by atoms with van der Waals surface area (Å²) in [5.74, 6) is 1.46. The minimum absolute atomic E-state index is 0.0631. The van der Waals surface area contributed by atoms with Gasteiger partial charge in [-0.25, -0.2) is 9.97 Å². The molecular weight excluding hydrogens is 264 g/mol. The lowest BCUT2D eigenvalue weighted by molar-refractivity contribution is 0.0955. The molecule has 5 nitrogen and oxygen atoms in total. The Morgan fingerprint density at radius 3 is 2.43 bits per heavy atom. The first-order valence-electron chi connectivity index (χ1n) is 6.95. The summed E-state index contributed by atoms with van der Waals surface area (Å²) in [7, 11) is 0. The molecule has 1 aromatic heterocycles. The number of nitrogens with one attached hydrogen (secondary N) is 2. The molecule has 0 aliphatic carbocycles. The van der Waals surface area contributed by atoms with Crippen molar-refractivity contribution >= 4 is 11.7 Å². The number of aryl methyl sites for hydroxylation is 3. The van der Waals surface area contributed by atoms with Gasteiger partial charge in [0.05, 0.1) is 0 Å². The molecule has 1 amide bonds. The highest BCUT2D eigenvalue weighted by molar-refractivity contribution is 5.94. The molecule has 0 spiro atoms. The minimum Gasteiger partial charge on any atom is -0.368 e. The number of aromatic nitrogens is 2. The number of carbonyl (C=O) groups is 1. The van der Waals surface area contributed by atoms with E-state index in [4.69, 9.17) is 0 Å². The van der Waals surface area contributed by atoms with Gasteiger partial charge in [0.15, 0.2) is 0 Å². The number of hydrogen-bond donors (Lipinski definition) is 2. The molecule has 5 heteroatoms. The molecule has 0 radical (unpaired) electrons. The minimum atomic E-state index is -0.0631. The summed E-state index contributed by atoms with van der Waals surface area (Å²) in [5.41, 5.74) is 2.74. The molecule has 110 valence electrons. The van der Waals surface area contributed by atoms with Gasteiger partial charge in [0.2, 0.25) is 0 Å². The molecule has 0 aliphatic heterocycles. The molecule has 0 fully saturated rings. The Hall–Kier alpha value is -2.43. The summed E-state index contributed by atoms with van der Waals surface area (Å²) in [6, 6.07) is 9.40. The van der Waals surface area contributed by atoms with E-state index in [9.17, 15) is 4.79 Å². The van der Waals surface area contributed by atoms with Gasteiger partial charge in [-0.15, -0.1) is 0 Å². The maximum atomic E-state index is 11.9. The number of amides is 1. The van der Waals surface area contributed by atoms with Crippen LogP contribution in [0.25, 0.3) is 0 Å². The van der Waals surface area contributed by atoms with Crippen LogP contribution in [0.15, 0.2) is 30.3 Å². The molecule has 21 heavy (non-hydrogen) atoms. The molecule has 0 saturated heterocycles. The smallest absolute Gasteiger partial charge is 0.251 e. The van der Waals surface area contributed by atoms with Gasteiger partial charge in [0.1, 0.15) is 11.6 Å². The maximum Gasteiger partial charge on any atom is 0.251 e. The van der Waals surface area contributed by atoms with Gasteiger partial charge in [-0.1, -0.05) is 17.7 Å². The number of rotatable bonds is 5. The molecule has 2 N–H and O–H groups in total. The number of anilines is 1. The van der Waals surface area contributed by atoms with Gasteiger partial charge >= 0.3 is 0 Å². The Kier molecular flexibility index (Phi) is 4.87. The first-order chi connectivity index (χ1) is 10.0. The van der Waals surface area contributed by atoms with Crippen molar-refractivity contribution in [1.29, 1.82) is 0 Å². The third kappa shape index (κ3) is 4.56. The fourth-order valence-electron chi connectivity index (χ4n) is 1.98. The van der Waals surface area contributed by atoms with E-state index in [0.717, 1.165) is 22.9 Å². The summed E-state index contributed by atoms with van der Waals surface area (Å²) in [6.07, 6.45) is 0. The van der Waals surface area contributed by atoms with Crippen molar-refractivity contribution in [1.82, 2.24) is 15.3 Å². The van der Waals surface area contributed by atoms with Gasteiger partial charge in [-0.05, 0) is 32.9 Å². The third-order valence-electron chi connectivity index (χ3n) is 3.00. The molecule has 2 rings (SSSR count). The number of carbonyl (C=O) groups excluding carboxylic acids is 1. The summed E-state index contributed by atoms with van der Waals surface area (Å²) in [4.78, 5) is 20.4. The summed E-state index contributed by atoms with van der Waals surface area (Å²) >= 11 is 0. The largest absolute Gasteiger partial charge is 0.368 e. The van der Waals surface area contributed by atoms with Crippen LogP contribution < -0.4 is 10.6 Å². The standard InChI is InChI=1S/C16H20N4O/c1-11-4-6-14(7-5-11)16(21)18-9-8-17-15-10-12(2)19-13(3)20-15/h4-7,10H,8-9H2,1-3H3,(H,18,21)(H,17,19,20). The van der Waals surface area contributed by atoms with Crippen LogP contribution in [0.2, 0.25) is 0 Å². The van der Waals surface area contributed by atoms with Crippen LogP contribution in [-0.2, 0) is 0 Å².